The van der Waals surface area contributed by atoms with Crippen molar-refractivity contribution in [3.05, 3.63) is 53.9 Å². The lowest BCUT2D eigenvalue weighted by Crippen LogP contribution is -2.28. The Morgan fingerprint density at radius 3 is 2.57 bits per heavy atom. The van der Waals surface area contributed by atoms with Crippen LogP contribution < -0.4 is 4.72 Å². The molecule has 1 heterocycles. The number of nitrogens with one attached hydrogen (secondary N) is 1. The number of rotatable bonds is 6. The number of aryl methyl sites for hydroxylation is 1. The first-order valence-electron chi connectivity index (χ1n) is 7.91. The van der Waals surface area contributed by atoms with E-state index in [4.69, 9.17) is 0 Å². The third-order valence-corrected chi connectivity index (χ3v) is 5.05. The van der Waals surface area contributed by atoms with Crippen molar-refractivity contribution in [2.45, 2.75) is 38.6 Å². The molecule has 1 saturated carbocycles. The fourth-order valence-electron chi connectivity index (χ4n) is 3.14. The van der Waals surface area contributed by atoms with Gasteiger partial charge in [-0.2, -0.15) is 0 Å². The second-order valence-corrected chi connectivity index (χ2v) is 7.11. The highest BCUT2D eigenvalue weighted by Crippen LogP contribution is 2.50. The average molecular weight is 329 g/mol. The first kappa shape index (κ1) is 16.3. The van der Waals surface area contributed by atoms with Crippen molar-refractivity contribution >= 4 is 11.3 Å². The van der Waals surface area contributed by atoms with Gasteiger partial charge in [0.05, 0.1) is 0 Å². The summed E-state index contributed by atoms with van der Waals surface area (Å²) in [5.41, 5.74) is 4.67. The Morgan fingerprint density at radius 2 is 1.96 bits per heavy atom. The summed E-state index contributed by atoms with van der Waals surface area (Å²) >= 11 is -2.17. The van der Waals surface area contributed by atoms with E-state index in [0.717, 1.165) is 24.1 Å². The van der Waals surface area contributed by atoms with E-state index < -0.39 is 11.3 Å². The van der Waals surface area contributed by atoms with Crippen molar-refractivity contribution in [3.63, 3.8) is 0 Å². The van der Waals surface area contributed by atoms with E-state index in [1.807, 2.05) is 26.1 Å². The molecule has 1 aliphatic carbocycles. The summed E-state index contributed by atoms with van der Waals surface area (Å²) in [6.45, 7) is 3.90. The molecular weight excluding hydrogens is 308 g/mol. The van der Waals surface area contributed by atoms with Crippen LogP contribution in [0.4, 0.5) is 0 Å². The Morgan fingerprint density at radius 1 is 1.26 bits per heavy atom. The Hall–Kier alpha value is -1.56. The summed E-state index contributed by atoms with van der Waals surface area (Å²) in [6.07, 6.45) is 3.94. The number of nitrogens with zero attached hydrogens (tertiary/aromatic N) is 1. The van der Waals surface area contributed by atoms with E-state index in [2.05, 4.69) is 40.0 Å². The molecule has 2 aromatic rings. The number of hydrogen-bond acceptors (Lipinski definition) is 3. The highest BCUT2D eigenvalue weighted by Gasteiger charge is 2.38. The molecule has 3 rings (SSSR count). The summed E-state index contributed by atoms with van der Waals surface area (Å²) < 4.78 is 23.8. The Bertz CT molecular complexity index is 685. The average Bonchev–Trinajstić information content (AvgIpc) is 3.26. The quantitative estimate of drug-likeness (QED) is 0.827. The van der Waals surface area contributed by atoms with Gasteiger partial charge in [-0.3, -0.25) is 9.19 Å². The normalized spacial score (nSPS) is 22.6. The summed E-state index contributed by atoms with van der Waals surface area (Å²) in [5, 5.41) is 0. The molecule has 1 N–H and O–H groups in total. The summed E-state index contributed by atoms with van der Waals surface area (Å²) in [6, 6.07) is 12.8. The zero-order chi connectivity index (χ0) is 16.4. The standard InChI is InChI=1S/C18H22N2O2S/c1-12-3-4-16(11-19-12)14-5-7-15(8-6-14)18-10-17(18)9-13(2)20-23(21)22/h3-8,11,13,17-18,20H,9-10H2,1-2H3,(H,21,22)/p-1. The van der Waals surface area contributed by atoms with Crippen molar-refractivity contribution in [2.75, 3.05) is 0 Å². The van der Waals surface area contributed by atoms with Gasteiger partial charge in [0.2, 0.25) is 0 Å². The second kappa shape index (κ2) is 6.91. The summed E-state index contributed by atoms with van der Waals surface area (Å²) in [5.74, 6) is 1.14. The minimum absolute atomic E-state index is 0.00115. The second-order valence-electron chi connectivity index (χ2n) is 6.40. The number of benzene rings is 1. The highest BCUT2D eigenvalue weighted by molar-refractivity contribution is 7.77. The molecular formula is C18H21N2O2S-. The molecule has 0 saturated heterocycles. The van der Waals surface area contributed by atoms with E-state index >= 15 is 0 Å². The Kier molecular flexibility index (Phi) is 4.90. The molecule has 23 heavy (non-hydrogen) atoms. The predicted molar refractivity (Wildman–Crippen MR) is 91.4 cm³/mol. The van der Waals surface area contributed by atoms with E-state index in [9.17, 15) is 8.76 Å². The van der Waals surface area contributed by atoms with Gasteiger partial charge < -0.3 is 4.55 Å². The molecule has 0 amide bonds. The van der Waals surface area contributed by atoms with Crippen molar-refractivity contribution < 1.29 is 8.76 Å². The maximum absolute atomic E-state index is 10.6. The first-order chi connectivity index (χ1) is 11.0. The number of aromatic nitrogens is 1. The number of pyridine rings is 1. The lowest BCUT2D eigenvalue weighted by atomic mass is 10.0. The van der Waals surface area contributed by atoms with Gasteiger partial charge in [0.25, 0.3) is 0 Å². The maximum atomic E-state index is 10.6. The largest absolute Gasteiger partial charge is 0.760 e. The molecule has 4 nitrogen and oxygen atoms in total. The first-order valence-corrected chi connectivity index (χ1v) is 8.99. The van der Waals surface area contributed by atoms with Crippen molar-refractivity contribution in [1.29, 1.82) is 0 Å². The van der Waals surface area contributed by atoms with Crippen LogP contribution in [0.3, 0.4) is 0 Å². The smallest absolute Gasteiger partial charge is 0.0373 e. The van der Waals surface area contributed by atoms with Crippen LogP contribution in [-0.4, -0.2) is 19.8 Å². The topological polar surface area (TPSA) is 65.0 Å². The summed E-state index contributed by atoms with van der Waals surface area (Å²) in [7, 11) is 0. The van der Waals surface area contributed by atoms with Crippen LogP contribution >= 0.6 is 0 Å². The molecule has 122 valence electrons. The van der Waals surface area contributed by atoms with Crippen LogP contribution in [-0.2, 0) is 11.3 Å². The molecule has 0 radical (unpaired) electrons. The van der Waals surface area contributed by atoms with Crippen LogP contribution in [0.15, 0.2) is 42.6 Å². The van der Waals surface area contributed by atoms with Gasteiger partial charge in [0, 0.05) is 34.8 Å². The fourth-order valence-corrected chi connectivity index (χ4v) is 3.57. The minimum Gasteiger partial charge on any atom is -0.760 e. The molecule has 4 atom stereocenters. The highest BCUT2D eigenvalue weighted by atomic mass is 32.2. The van der Waals surface area contributed by atoms with Crippen molar-refractivity contribution in [2.24, 2.45) is 5.92 Å². The zero-order valence-corrected chi connectivity index (χ0v) is 14.2. The molecule has 1 aromatic carbocycles. The van der Waals surface area contributed by atoms with Crippen LogP contribution in [0.2, 0.25) is 0 Å². The van der Waals surface area contributed by atoms with Gasteiger partial charge in [-0.1, -0.05) is 30.3 Å². The summed E-state index contributed by atoms with van der Waals surface area (Å²) in [4.78, 5) is 4.34. The molecule has 0 bridgehead atoms. The lowest BCUT2D eigenvalue weighted by molar-refractivity contribution is 0.490. The SMILES string of the molecule is Cc1ccc(-c2ccc(C3CC3CC(C)NS(=O)[O-])cc2)cn1. The van der Waals surface area contributed by atoms with Crippen molar-refractivity contribution in [3.8, 4) is 11.1 Å². The van der Waals surface area contributed by atoms with Gasteiger partial charge >= 0.3 is 0 Å². The maximum Gasteiger partial charge on any atom is 0.0373 e. The van der Waals surface area contributed by atoms with Crippen molar-refractivity contribution in [1.82, 2.24) is 9.71 Å². The molecule has 0 aliphatic heterocycles. The molecule has 1 fully saturated rings. The van der Waals surface area contributed by atoms with Gasteiger partial charge in [-0.05, 0) is 55.7 Å². The van der Waals surface area contributed by atoms with E-state index in [1.165, 1.54) is 11.1 Å². The molecule has 0 spiro atoms. The lowest BCUT2D eigenvalue weighted by Gasteiger charge is -2.15. The van der Waals surface area contributed by atoms with Crippen LogP contribution in [0, 0.1) is 12.8 Å². The third-order valence-electron chi connectivity index (χ3n) is 4.46. The van der Waals surface area contributed by atoms with Crippen LogP contribution in [0.25, 0.3) is 11.1 Å². The number of hydrogen-bond donors (Lipinski definition) is 1. The minimum atomic E-state index is -2.17. The van der Waals surface area contributed by atoms with Crippen LogP contribution in [0.1, 0.15) is 36.9 Å². The molecule has 1 aromatic heterocycles. The fraction of sp³-hybridized carbons (Fsp3) is 0.389. The Balaban J connectivity index is 1.60. The molecule has 1 aliphatic rings. The van der Waals surface area contributed by atoms with E-state index in [1.54, 1.807) is 0 Å². The van der Waals surface area contributed by atoms with Gasteiger partial charge in [-0.25, -0.2) is 4.72 Å². The zero-order valence-electron chi connectivity index (χ0n) is 13.4. The Labute approximate surface area is 139 Å². The molecule has 4 unspecified atom stereocenters. The predicted octanol–water partition coefficient (Wildman–Crippen LogP) is 3.32. The van der Waals surface area contributed by atoms with Gasteiger partial charge in [0.15, 0.2) is 0 Å². The van der Waals surface area contributed by atoms with E-state index in [0.29, 0.717) is 11.8 Å². The monoisotopic (exact) mass is 329 g/mol. The van der Waals surface area contributed by atoms with E-state index in [-0.39, 0.29) is 6.04 Å². The van der Waals surface area contributed by atoms with Gasteiger partial charge in [0.1, 0.15) is 0 Å². The third kappa shape index (κ3) is 4.25. The molecule has 5 heteroatoms. The van der Waals surface area contributed by atoms with Gasteiger partial charge in [-0.15, -0.1) is 0 Å². The van der Waals surface area contributed by atoms with Crippen LogP contribution in [0.5, 0.6) is 0 Å².